The summed E-state index contributed by atoms with van der Waals surface area (Å²) < 4.78 is 0. The number of nitrogens with one attached hydrogen (secondary N) is 1. The molecule has 1 aliphatic carbocycles. The summed E-state index contributed by atoms with van der Waals surface area (Å²) in [6.45, 7) is 0. The fourth-order valence-corrected chi connectivity index (χ4v) is 3.49. The predicted octanol–water partition coefficient (Wildman–Crippen LogP) is 3.82. The van der Waals surface area contributed by atoms with Gasteiger partial charge in [0.2, 0.25) is 0 Å². The van der Waals surface area contributed by atoms with E-state index in [1.165, 1.54) is 5.56 Å². The number of hydrogen-bond donors (Lipinski definition) is 3. The zero-order chi connectivity index (χ0) is 16.8. The molecule has 1 aliphatic rings. The van der Waals surface area contributed by atoms with Gasteiger partial charge in [-0.1, -0.05) is 35.9 Å². The maximum Gasteiger partial charge on any atom is 0.357 e. The minimum Gasteiger partial charge on any atom is -0.476 e. The number of aliphatic hydroxyl groups excluding tert-OH is 1. The molecule has 0 atom stereocenters. The lowest BCUT2D eigenvalue weighted by molar-refractivity contribution is 0.0692. The number of hydrogen-bond acceptors (Lipinski definition) is 3. The van der Waals surface area contributed by atoms with Crippen molar-refractivity contribution in [2.24, 2.45) is 0 Å². The number of aromatic carboxylic acids is 1. The van der Waals surface area contributed by atoms with E-state index in [1.807, 2.05) is 24.3 Å². The Bertz CT molecular complexity index is 927. The van der Waals surface area contributed by atoms with E-state index < -0.39 is 5.97 Å². The highest BCUT2D eigenvalue weighted by Gasteiger charge is 2.28. The van der Waals surface area contributed by atoms with Crippen molar-refractivity contribution in [1.82, 2.24) is 10.2 Å². The number of aliphatic hydroxyl groups is 1. The predicted molar refractivity (Wildman–Crippen MR) is 91.5 cm³/mol. The largest absolute Gasteiger partial charge is 0.476 e. The SMILES string of the molecule is O=C(O)c1n[nH]c2cc(Cl)c(-c3ccc([C@H]4C[C@@H](O)C4)cc3)cc12. The van der Waals surface area contributed by atoms with Crippen molar-refractivity contribution in [2.75, 3.05) is 0 Å². The number of carbonyl (C=O) groups is 1. The van der Waals surface area contributed by atoms with Crippen LogP contribution < -0.4 is 0 Å². The van der Waals surface area contributed by atoms with E-state index in [4.69, 9.17) is 11.6 Å². The van der Waals surface area contributed by atoms with Crippen molar-refractivity contribution in [1.29, 1.82) is 0 Å². The van der Waals surface area contributed by atoms with Crippen LogP contribution in [0.4, 0.5) is 0 Å². The molecule has 1 fully saturated rings. The van der Waals surface area contributed by atoms with Gasteiger partial charge >= 0.3 is 5.97 Å². The summed E-state index contributed by atoms with van der Waals surface area (Å²) in [4.78, 5) is 11.3. The summed E-state index contributed by atoms with van der Waals surface area (Å²) in [6, 6.07) is 11.5. The summed E-state index contributed by atoms with van der Waals surface area (Å²) >= 11 is 6.36. The summed E-state index contributed by atoms with van der Waals surface area (Å²) in [5, 5.41) is 26.2. The topological polar surface area (TPSA) is 86.2 Å². The molecule has 4 rings (SSSR count). The second-order valence-electron chi connectivity index (χ2n) is 6.20. The van der Waals surface area contributed by atoms with Crippen LogP contribution in [0.25, 0.3) is 22.0 Å². The van der Waals surface area contributed by atoms with Crippen LogP contribution >= 0.6 is 11.6 Å². The van der Waals surface area contributed by atoms with Crippen molar-refractivity contribution >= 4 is 28.5 Å². The van der Waals surface area contributed by atoms with Crippen molar-refractivity contribution in [3.63, 3.8) is 0 Å². The summed E-state index contributed by atoms with van der Waals surface area (Å²) in [5.74, 6) is -0.659. The van der Waals surface area contributed by atoms with Crippen LogP contribution in [0.3, 0.4) is 0 Å². The Hall–Kier alpha value is -2.37. The van der Waals surface area contributed by atoms with Crippen molar-refractivity contribution in [3.8, 4) is 11.1 Å². The van der Waals surface area contributed by atoms with Gasteiger partial charge < -0.3 is 10.2 Å². The van der Waals surface area contributed by atoms with Crippen LogP contribution in [-0.2, 0) is 0 Å². The Morgan fingerprint density at radius 1 is 1.21 bits per heavy atom. The molecule has 0 radical (unpaired) electrons. The third-order valence-corrected chi connectivity index (χ3v) is 4.97. The Labute approximate surface area is 142 Å². The van der Waals surface area contributed by atoms with Gasteiger partial charge in [0.05, 0.1) is 16.6 Å². The van der Waals surface area contributed by atoms with Crippen molar-refractivity contribution < 1.29 is 15.0 Å². The van der Waals surface area contributed by atoms with Gasteiger partial charge in [-0.25, -0.2) is 4.79 Å². The number of nitrogens with zero attached hydrogens (tertiary/aromatic N) is 1. The van der Waals surface area contributed by atoms with Crippen LogP contribution in [0.1, 0.15) is 34.8 Å². The van der Waals surface area contributed by atoms with E-state index in [9.17, 15) is 15.0 Å². The lowest BCUT2D eigenvalue weighted by Gasteiger charge is -2.31. The smallest absolute Gasteiger partial charge is 0.357 e. The van der Waals surface area contributed by atoms with Gasteiger partial charge in [-0.15, -0.1) is 0 Å². The Morgan fingerprint density at radius 2 is 1.92 bits per heavy atom. The minimum absolute atomic E-state index is 0.0111. The third kappa shape index (κ3) is 2.46. The fraction of sp³-hybridized carbons (Fsp3) is 0.222. The first-order valence-electron chi connectivity index (χ1n) is 7.72. The Balaban J connectivity index is 1.73. The van der Waals surface area contributed by atoms with Gasteiger partial charge in [0.15, 0.2) is 5.69 Å². The molecule has 0 spiro atoms. The number of aromatic amines is 1. The Kier molecular flexibility index (Phi) is 3.55. The van der Waals surface area contributed by atoms with E-state index >= 15 is 0 Å². The van der Waals surface area contributed by atoms with E-state index in [1.54, 1.807) is 12.1 Å². The lowest BCUT2D eigenvalue weighted by Crippen LogP contribution is -2.26. The number of rotatable bonds is 3. The van der Waals surface area contributed by atoms with Gasteiger partial charge in [-0.3, -0.25) is 5.10 Å². The summed E-state index contributed by atoms with van der Waals surface area (Å²) in [5.41, 5.74) is 3.48. The first-order valence-corrected chi connectivity index (χ1v) is 8.10. The van der Waals surface area contributed by atoms with E-state index in [0.29, 0.717) is 21.8 Å². The number of H-pyrrole nitrogens is 1. The third-order valence-electron chi connectivity index (χ3n) is 4.66. The summed E-state index contributed by atoms with van der Waals surface area (Å²) in [7, 11) is 0. The zero-order valence-electron chi connectivity index (χ0n) is 12.7. The van der Waals surface area contributed by atoms with Crippen LogP contribution in [0.2, 0.25) is 5.02 Å². The monoisotopic (exact) mass is 342 g/mol. The number of benzene rings is 2. The van der Waals surface area contributed by atoms with Crippen molar-refractivity contribution in [3.05, 3.63) is 52.7 Å². The molecule has 6 heteroatoms. The van der Waals surface area contributed by atoms with E-state index in [2.05, 4.69) is 10.2 Å². The molecular formula is C18H15ClN2O3. The molecule has 3 N–H and O–H groups in total. The maximum atomic E-state index is 11.3. The molecule has 0 aliphatic heterocycles. The number of carboxylic acids is 1. The average molecular weight is 343 g/mol. The summed E-state index contributed by atoms with van der Waals surface area (Å²) in [6.07, 6.45) is 1.44. The molecule has 1 heterocycles. The molecule has 1 saturated carbocycles. The highest BCUT2D eigenvalue weighted by Crippen LogP contribution is 2.38. The molecule has 5 nitrogen and oxygen atoms in total. The second-order valence-corrected chi connectivity index (χ2v) is 6.61. The highest BCUT2D eigenvalue weighted by molar-refractivity contribution is 6.34. The van der Waals surface area contributed by atoms with Gasteiger partial charge in [0.1, 0.15) is 0 Å². The number of carboxylic acid groups (broad SMARTS) is 1. The van der Waals surface area contributed by atoms with Crippen molar-refractivity contribution in [2.45, 2.75) is 24.9 Å². The normalized spacial score (nSPS) is 20.1. The average Bonchev–Trinajstić information content (AvgIpc) is 2.94. The number of aromatic nitrogens is 2. The first kappa shape index (κ1) is 15.2. The molecule has 2 aromatic carbocycles. The molecule has 24 heavy (non-hydrogen) atoms. The number of halogens is 1. The van der Waals surface area contributed by atoms with Crippen LogP contribution in [0.15, 0.2) is 36.4 Å². The zero-order valence-corrected chi connectivity index (χ0v) is 13.4. The van der Waals surface area contributed by atoms with Gasteiger partial charge in [0.25, 0.3) is 0 Å². The minimum atomic E-state index is -1.08. The molecule has 0 amide bonds. The van der Waals surface area contributed by atoms with Crippen LogP contribution in [-0.4, -0.2) is 32.5 Å². The Morgan fingerprint density at radius 3 is 2.54 bits per heavy atom. The van der Waals surface area contributed by atoms with E-state index in [0.717, 1.165) is 24.0 Å². The quantitative estimate of drug-likeness (QED) is 0.675. The molecule has 0 saturated heterocycles. The lowest BCUT2D eigenvalue weighted by atomic mass is 9.77. The number of fused-ring (bicyclic) bond motifs is 1. The second kappa shape index (κ2) is 5.61. The standard InChI is InChI=1S/C18H15ClN2O3/c19-15-8-16-14(17(18(23)24)21-20-16)7-13(15)10-3-1-9(2-4-10)11-5-12(22)6-11/h1-4,7-8,11-12,22H,5-6H2,(H,20,21)(H,23,24)/t11-,12+. The maximum absolute atomic E-state index is 11.3. The van der Waals surface area contributed by atoms with Crippen LogP contribution in [0, 0.1) is 0 Å². The van der Waals surface area contributed by atoms with Gasteiger partial charge in [0, 0.05) is 10.9 Å². The molecule has 0 unspecified atom stereocenters. The van der Waals surface area contributed by atoms with E-state index in [-0.39, 0.29) is 11.8 Å². The van der Waals surface area contributed by atoms with Crippen LogP contribution in [0.5, 0.6) is 0 Å². The molecule has 122 valence electrons. The van der Waals surface area contributed by atoms with Gasteiger partial charge in [-0.05, 0) is 42.0 Å². The highest BCUT2D eigenvalue weighted by atomic mass is 35.5. The van der Waals surface area contributed by atoms with Gasteiger partial charge in [-0.2, -0.15) is 5.10 Å². The molecular weight excluding hydrogens is 328 g/mol. The fourth-order valence-electron chi connectivity index (χ4n) is 3.22. The molecule has 0 bridgehead atoms. The molecule has 3 aromatic rings. The first-order chi connectivity index (χ1) is 11.5. The molecule has 1 aromatic heterocycles.